The minimum absolute atomic E-state index is 0.468. The first-order chi connectivity index (χ1) is 10.8. The van der Waals surface area contributed by atoms with Gasteiger partial charge in [-0.3, -0.25) is 0 Å². The maximum Gasteiger partial charge on any atom is 0.186 e. The molecule has 0 aromatic heterocycles. The van der Waals surface area contributed by atoms with Crippen LogP contribution >= 0.6 is 0 Å². The van der Waals surface area contributed by atoms with Crippen molar-refractivity contribution in [3.8, 4) is 0 Å². The molecule has 0 aromatic carbocycles. The van der Waals surface area contributed by atoms with Gasteiger partial charge in [-0.2, -0.15) is 0 Å². The van der Waals surface area contributed by atoms with Crippen LogP contribution in [0.15, 0.2) is 0 Å². The van der Waals surface area contributed by atoms with E-state index in [0.717, 1.165) is 0 Å². The van der Waals surface area contributed by atoms with Gasteiger partial charge < -0.3 is 55.1 Å². The summed E-state index contributed by atoms with van der Waals surface area (Å²) >= 11 is 0. The van der Waals surface area contributed by atoms with Crippen molar-refractivity contribution in [1.82, 2.24) is 0 Å². The molecule has 10 atom stereocenters. The number of hydrogen-bond acceptors (Lipinski definition) is 11. The maximum absolute atomic E-state index is 9.78. The fourth-order valence-electron chi connectivity index (χ4n) is 2.46. The Morgan fingerprint density at radius 2 is 1.22 bits per heavy atom. The van der Waals surface area contributed by atoms with Gasteiger partial charge in [0.25, 0.3) is 0 Å². The summed E-state index contributed by atoms with van der Waals surface area (Å²) in [6.45, 7) is -1.10. The lowest BCUT2D eigenvalue weighted by molar-refractivity contribution is -0.325. The second-order valence-electron chi connectivity index (χ2n) is 5.57. The van der Waals surface area contributed by atoms with Gasteiger partial charge in [0.1, 0.15) is 48.8 Å². The van der Waals surface area contributed by atoms with Crippen LogP contribution in [-0.4, -0.2) is 115 Å². The van der Waals surface area contributed by atoms with E-state index in [0.29, 0.717) is 0 Å². The molecule has 0 unspecified atom stereocenters. The second kappa shape index (κ2) is 7.63. The van der Waals surface area contributed by atoms with Gasteiger partial charge in [0.15, 0.2) is 12.6 Å². The van der Waals surface area contributed by atoms with E-state index in [1.165, 1.54) is 0 Å². The Kier molecular flexibility index (Phi) is 6.27. The predicted octanol–water partition coefficient (Wildman–Crippen LogP) is -5.40. The highest BCUT2D eigenvalue weighted by Crippen LogP contribution is 2.24. The summed E-state index contributed by atoms with van der Waals surface area (Å²) in [6, 6.07) is 0. The van der Waals surface area contributed by atoms with Gasteiger partial charge in [0.05, 0.1) is 13.2 Å². The molecule has 0 saturated carbocycles. The summed E-state index contributed by atoms with van der Waals surface area (Å²) in [6.07, 6.45) is -15.3. The van der Waals surface area contributed by atoms with Crippen molar-refractivity contribution in [2.75, 3.05) is 13.2 Å². The quantitative estimate of drug-likeness (QED) is 0.243. The minimum atomic E-state index is -1.74. The van der Waals surface area contributed by atoms with Gasteiger partial charge in [0, 0.05) is 0 Å². The van der Waals surface area contributed by atoms with Crippen LogP contribution in [0.5, 0.6) is 0 Å². The summed E-state index contributed by atoms with van der Waals surface area (Å²) in [5.41, 5.74) is 0. The lowest BCUT2D eigenvalue weighted by Gasteiger charge is -2.41. The van der Waals surface area contributed by atoms with Crippen LogP contribution in [0.3, 0.4) is 0 Å². The van der Waals surface area contributed by atoms with Gasteiger partial charge in [-0.1, -0.05) is 0 Å². The standard InChI is InChI=1S/C12H22O11/c13-1-3-5(14)8(17)10(19)12(23-3)21-2-4-6(15)7(16)9(18)11(20)22-4/h3-20H,1-2H2/t3-,4+,5-,6+,7-,8+,9+,10+,11+,12-/m1/s1. The van der Waals surface area contributed by atoms with Crippen LogP contribution in [0, 0.1) is 0 Å². The average molecular weight is 342 g/mol. The normalized spacial score (nSPS) is 51.7. The molecule has 2 saturated heterocycles. The average Bonchev–Trinajstić information content (AvgIpc) is 2.54. The summed E-state index contributed by atoms with van der Waals surface area (Å²) in [4.78, 5) is 0. The molecule has 0 aromatic rings. The molecule has 2 aliphatic heterocycles. The Labute approximate surface area is 130 Å². The Bertz CT molecular complexity index is 380. The van der Waals surface area contributed by atoms with Gasteiger partial charge in [-0.05, 0) is 0 Å². The molecular formula is C12H22O11. The Balaban J connectivity index is 1.94. The number of hydrogen-bond donors (Lipinski definition) is 8. The first-order valence-corrected chi connectivity index (χ1v) is 7.07. The summed E-state index contributed by atoms with van der Waals surface area (Å²) < 4.78 is 15.1. The van der Waals surface area contributed by atoms with Gasteiger partial charge >= 0.3 is 0 Å². The zero-order valence-electron chi connectivity index (χ0n) is 12.0. The smallest absolute Gasteiger partial charge is 0.186 e. The zero-order valence-corrected chi connectivity index (χ0v) is 12.0. The van der Waals surface area contributed by atoms with Crippen molar-refractivity contribution in [3.05, 3.63) is 0 Å². The van der Waals surface area contributed by atoms with Crippen molar-refractivity contribution in [1.29, 1.82) is 0 Å². The van der Waals surface area contributed by atoms with Crippen molar-refractivity contribution in [3.63, 3.8) is 0 Å². The van der Waals surface area contributed by atoms with Gasteiger partial charge in [0.2, 0.25) is 0 Å². The first kappa shape index (κ1) is 18.9. The Morgan fingerprint density at radius 1 is 0.652 bits per heavy atom. The molecule has 2 fully saturated rings. The molecule has 23 heavy (non-hydrogen) atoms. The van der Waals surface area contributed by atoms with E-state index in [4.69, 9.17) is 19.3 Å². The molecule has 11 heteroatoms. The van der Waals surface area contributed by atoms with Crippen LogP contribution in [0.25, 0.3) is 0 Å². The SMILES string of the molecule is OC[C@H]1O[C@@H](OC[C@@H]2O[C@H](O)[C@@H](O)[C@H](O)[C@H]2O)[C@@H](O)[C@@H](O)[C@@H]1O. The van der Waals surface area contributed by atoms with Crippen LogP contribution in [0.4, 0.5) is 0 Å². The molecule has 2 rings (SSSR count). The summed E-state index contributed by atoms with van der Waals surface area (Å²) in [5.74, 6) is 0. The van der Waals surface area contributed by atoms with Crippen LogP contribution < -0.4 is 0 Å². The molecule has 0 radical (unpaired) electrons. The zero-order chi connectivity index (χ0) is 17.3. The molecule has 136 valence electrons. The predicted molar refractivity (Wildman–Crippen MR) is 68.6 cm³/mol. The van der Waals surface area contributed by atoms with E-state index in [-0.39, 0.29) is 0 Å². The number of rotatable bonds is 4. The summed E-state index contributed by atoms with van der Waals surface area (Å²) in [5, 5.41) is 76.1. The molecule has 8 N–H and O–H groups in total. The first-order valence-electron chi connectivity index (χ1n) is 7.07. The minimum Gasteiger partial charge on any atom is -0.394 e. The molecular weight excluding hydrogens is 320 g/mol. The molecule has 11 nitrogen and oxygen atoms in total. The van der Waals surface area contributed by atoms with E-state index in [1.807, 2.05) is 0 Å². The van der Waals surface area contributed by atoms with Crippen LogP contribution in [0.2, 0.25) is 0 Å². The topological polar surface area (TPSA) is 190 Å². The number of aliphatic hydroxyl groups excluding tert-OH is 8. The highest BCUT2D eigenvalue weighted by atomic mass is 16.7. The van der Waals surface area contributed by atoms with Crippen molar-refractivity contribution in [2.45, 2.75) is 61.4 Å². The highest BCUT2D eigenvalue weighted by molar-refractivity contribution is 4.91. The van der Waals surface area contributed by atoms with Crippen LogP contribution in [0.1, 0.15) is 0 Å². The molecule has 0 spiro atoms. The third kappa shape index (κ3) is 3.81. The van der Waals surface area contributed by atoms with E-state index >= 15 is 0 Å². The largest absolute Gasteiger partial charge is 0.394 e. The number of aliphatic hydroxyl groups is 8. The highest BCUT2D eigenvalue weighted by Gasteiger charge is 2.46. The lowest BCUT2D eigenvalue weighted by Crippen LogP contribution is -2.61. The third-order valence-corrected chi connectivity index (χ3v) is 3.96. The van der Waals surface area contributed by atoms with E-state index in [1.54, 1.807) is 0 Å². The molecule has 2 heterocycles. The van der Waals surface area contributed by atoms with Crippen LogP contribution in [-0.2, 0) is 14.2 Å². The van der Waals surface area contributed by atoms with E-state index in [2.05, 4.69) is 0 Å². The van der Waals surface area contributed by atoms with Gasteiger partial charge in [-0.15, -0.1) is 0 Å². The summed E-state index contributed by atoms with van der Waals surface area (Å²) in [7, 11) is 0. The lowest BCUT2D eigenvalue weighted by atomic mass is 9.98. The second-order valence-corrected chi connectivity index (χ2v) is 5.57. The molecule has 0 aliphatic carbocycles. The van der Waals surface area contributed by atoms with E-state index in [9.17, 15) is 35.7 Å². The molecule has 2 aliphatic rings. The van der Waals surface area contributed by atoms with Crippen molar-refractivity contribution in [2.24, 2.45) is 0 Å². The maximum atomic E-state index is 9.78. The van der Waals surface area contributed by atoms with E-state index < -0.39 is 74.6 Å². The van der Waals surface area contributed by atoms with Crippen molar-refractivity contribution < 1.29 is 55.1 Å². The Morgan fingerprint density at radius 3 is 1.83 bits per heavy atom. The fourth-order valence-corrected chi connectivity index (χ4v) is 2.46. The number of ether oxygens (including phenoxy) is 3. The molecule has 0 amide bonds. The Hall–Kier alpha value is -0.440. The van der Waals surface area contributed by atoms with Gasteiger partial charge in [-0.25, -0.2) is 0 Å². The monoisotopic (exact) mass is 342 g/mol. The molecule has 0 bridgehead atoms. The van der Waals surface area contributed by atoms with Crippen molar-refractivity contribution >= 4 is 0 Å². The third-order valence-electron chi connectivity index (χ3n) is 3.96. The fraction of sp³-hybridized carbons (Fsp3) is 1.00.